The van der Waals surface area contributed by atoms with E-state index >= 15 is 0 Å². The average molecular weight is 290 g/mol. The Morgan fingerprint density at radius 1 is 1.32 bits per heavy atom. The molecule has 0 bridgehead atoms. The first-order chi connectivity index (χ1) is 8.99. The van der Waals surface area contributed by atoms with Crippen molar-refractivity contribution in [1.29, 1.82) is 0 Å². The first-order valence-corrected chi connectivity index (χ1v) is 7.65. The topological polar surface area (TPSA) is 58.2 Å². The maximum absolute atomic E-state index is 13.0. The normalized spacial score (nSPS) is 19.8. The van der Waals surface area contributed by atoms with E-state index in [2.05, 4.69) is 10.0 Å². The summed E-state index contributed by atoms with van der Waals surface area (Å²) >= 11 is 0. The third-order valence-corrected chi connectivity index (χ3v) is 4.61. The Labute approximate surface area is 111 Å². The van der Waals surface area contributed by atoms with Crippen LogP contribution in [0, 0.1) is 11.6 Å². The zero-order valence-corrected chi connectivity index (χ0v) is 11.1. The zero-order valence-electron chi connectivity index (χ0n) is 10.3. The van der Waals surface area contributed by atoms with Gasteiger partial charge >= 0.3 is 0 Å². The molecule has 1 fully saturated rings. The molecule has 2 N–H and O–H groups in total. The molecule has 1 aliphatic heterocycles. The molecule has 1 heterocycles. The van der Waals surface area contributed by atoms with Gasteiger partial charge in [-0.25, -0.2) is 21.9 Å². The fourth-order valence-corrected chi connectivity index (χ4v) is 3.16. The van der Waals surface area contributed by atoms with E-state index in [1.54, 1.807) is 0 Å². The summed E-state index contributed by atoms with van der Waals surface area (Å²) in [6.07, 6.45) is 2.82. The van der Waals surface area contributed by atoms with E-state index in [1.165, 1.54) is 0 Å². The van der Waals surface area contributed by atoms with Gasteiger partial charge in [-0.3, -0.25) is 0 Å². The van der Waals surface area contributed by atoms with Gasteiger partial charge in [-0.05, 0) is 44.0 Å². The third-order valence-electron chi connectivity index (χ3n) is 3.15. The predicted molar refractivity (Wildman–Crippen MR) is 67.2 cm³/mol. The highest BCUT2D eigenvalue weighted by Crippen LogP contribution is 2.14. The molecular formula is C12H16F2N2O2S. The Morgan fingerprint density at radius 2 is 2.11 bits per heavy atom. The van der Waals surface area contributed by atoms with Crippen molar-refractivity contribution < 1.29 is 17.2 Å². The summed E-state index contributed by atoms with van der Waals surface area (Å²) in [4.78, 5) is -0.259. The number of halogens is 2. The van der Waals surface area contributed by atoms with Crippen molar-refractivity contribution in [2.75, 3.05) is 13.1 Å². The van der Waals surface area contributed by atoms with Gasteiger partial charge < -0.3 is 5.32 Å². The fraction of sp³-hybridized carbons (Fsp3) is 0.500. The van der Waals surface area contributed by atoms with Gasteiger partial charge in [-0.2, -0.15) is 0 Å². The van der Waals surface area contributed by atoms with Gasteiger partial charge in [0.2, 0.25) is 10.0 Å². The van der Waals surface area contributed by atoms with Crippen LogP contribution in [0.2, 0.25) is 0 Å². The lowest BCUT2D eigenvalue weighted by molar-refractivity contribution is 0.503. The second kappa shape index (κ2) is 5.94. The van der Waals surface area contributed by atoms with E-state index in [0.717, 1.165) is 31.5 Å². The zero-order chi connectivity index (χ0) is 13.9. The fourth-order valence-electron chi connectivity index (χ4n) is 2.10. The lowest BCUT2D eigenvalue weighted by atomic mass is 10.2. The Bertz CT molecular complexity index is 543. The van der Waals surface area contributed by atoms with Crippen molar-refractivity contribution in [3.63, 3.8) is 0 Å². The molecule has 0 unspecified atom stereocenters. The Balaban J connectivity index is 1.95. The quantitative estimate of drug-likeness (QED) is 0.861. The van der Waals surface area contributed by atoms with Crippen LogP contribution in [-0.2, 0) is 10.0 Å². The molecule has 0 spiro atoms. The molecule has 1 saturated heterocycles. The number of rotatable bonds is 5. The maximum Gasteiger partial charge on any atom is 0.240 e. The van der Waals surface area contributed by atoms with Gasteiger partial charge in [-0.1, -0.05) is 0 Å². The lowest BCUT2D eigenvalue weighted by Gasteiger charge is -2.11. The van der Waals surface area contributed by atoms with Crippen LogP contribution in [-0.4, -0.2) is 27.5 Å². The van der Waals surface area contributed by atoms with Gasteiger partial charge in [0.25, 0.3) is 0 Å². The molecular weight excluding hydrogens is 274 g/mol. The molecule has 7 heteroatoms. The summed E-state index contributed by atoms with van der Waals surface area (Å²) in [6.45, 7) is 1.24. The SMILES string of the molecule is O=S(=O)(NCC[C@@H]1CCCN1)c1ccc(F)c(F)c1. The predicted octanol–water partition coefficient (Wildman–Crippen LogP) is 1.39. The van der Waals surface area contributed by atoms with Gasteiger partial charge in [0.05, 0.1) is 4.90 Å². The highest BCUT2D eigenvalue weighted by atomic mass is 32.2. The van der Waals surface area contributed by atoms with Crippen molar-refractivity contribution in [2.45, 2.75) is 30.2 Å². The van der Waals surface area contributed by atoms with Gasteiger partial charge in [0, 0.05) is 12.6 Å². The number of nitrogens with one attached hydrogen (secondary N) is 2. The van der Waals surface area contributed by atoms with Gasteiger partial charge in [0.1, 0.15) is 0 Å². The summed E-state index contributed by atoms with van der Waals surface area (Å²) < 4.78 is 51.8. The molecule has 1 aliphatic rings. The molecule has 106 valence electrons. The number of hydrogen-bond donors (Lipinski definition) is 2. The molecule has 2 rings (SSSR count). The molecule has 0 amide bonds. The summed E-state index contributed by atoms with van der Waals surface area (Å²) in [5.41, 5.74) is 0. The molecule has 1 aromatic rings. The van der Waals surface area contributed by atoms with E-state index in [0.29, 0.717) is 18.5 Å². The van der Waals surface area contributed by atoms with E-state index in [9.17, 15) is 17.2 Å². The maximum atomic E-state index is 13.0. The summed E-state index contributed by atoms with van der Waals surface area (Å²) in [6, 6.07) is 2.87. The molecule has 0 saturated carbocycles. The monoisotopic (exact) mass is 290 g/mol. The van der Waals surface area contributed by atoms with Crippen LogP contribution in [0.1, 0.15) is 19.3 Å². The second-order valence-electron chi connectivity index (χ2n) is 4.56. The first-order valence-electron chi connectivity index (χ1n) is 6.17. The van der Waals surface area contributed by atoms with E-state index in [1.807, 2.05) is 0 Å². The van der Waals surface area contributed by atoms with Crippen LogP contribution < -0.4 is 10.0 Å². The minimum atomic E-state index is -3.78. The van der Waals surface area contributed by atoms with Gasteiger partial charge in [0.15, 0.2) is 11.6 Å². The highest BCUT2D eigenvalue weighted by Gasteiger charge is 2.18. The van der Waals surface area contributed by atoms with Crippen molar-refractivity contribution >= 4 is 10.0 Å². The third kappa shape index (κ3) is 3.71. The lowest BCUT2D eigenvalue weighted by Crippen LogP contribution is -2.30. The minimum Gasteiger partial charge on any atom is -0.314 e. The van der Waals surface area contributed by atoms with E-state index < -0.39 is 21.7 Å². The Hall–Kier alpha value is -1.05. The second-order valence-corrected chi connectivity index (χ2v) is 6.32. The van der Waals surface area contributed by atoms with Crippen LogP contribution in [0.15, 0.2) is 23.1 Å². The van der Waals surface area contributed by atoms with Crippen molar-refractivity contribution in [2.24, 2.45) is 0 Å². The Morgan fingerprint density at radius 3 is 2.74 bits per heavy atom. The number of benzene rings is 1. The van der Waals surface area contributed by atoms with Gasteiger partial charge in [-0.15, -0.1) is 0 Å². The highest BCUT2D eigenvalue weighted by molar-refractivity contribution is 7.89. The summed E-state index contributed by atoms with van der Waals surface area (Å²) in [7, 11) is -3.78. The van der Waals surface area contributed by atoms with Crippen molar-refractivity contribution in [3.05, 3.63) is 29.8 Å². The molecule has 4 nitrogen and oxygen atoms in total. The van der Waals surface area contributed by atoms with Crippen LogP contribution in [0.4, 0.5) is 8.78 Å². The number of sulfonamides is 1. The van der Waals surface area contributed by atoms with Crippen molar-refractivity contribution in [3.8, 4) is 0 Å². The largest absolute Gasteiger partial charge is 0.314 e. The molecule has 0 radical (unpaired) electrons. The summed E-state index contributed by atoms with van der Waals surface area (Å²) in [5, 5.41) is 3.25. The van der Waals surface area contributed by atoms with Crippen LogP contribution in [0.5, 0.6) is 0 Å². The molecule has 19 heavy (non-hydrogen) atoms. The molecule has 1 aromatic carbocycles. The first kappa shape index (κ1) is 14.4. The van der Waals surface area contributed by atoms with Crippen LogP contribution >= 0.6 is 0 Å². The van der Waals surface area contributed by atoms with Crippen LogP contribution in [0.3, 0.4) is 0 Å². The molecule has 0 aromatic heterocycles. The molecule has 0 aliphatic carbocycles. The van der Waals surface area contributed by atoms with E-state index in [4.69, 9.17) is 0 Å². The summed E-state index contributed by atoms with van der Waals surface area (Å²) in [5.74, 6) is -2.23. The minimum absolute atomic E-state index is 0.259. The standard InChI is InChI=1S/C12H16F2N2O2S/c13-11-4-3-10(8-12(11)14)19(17,18)16-7-5-9-2-1-6-15-9/h3-4,8-9,15-16H,1-2,5-7H2/t9-/m0/s1. The average Bonchev–Trinajstić information content (AvgIpc) is 2.85. The number of hydrogen-bond acceptors (Lipinski definition) is 3. The van der Waals surface area contributed by atoms with E-state index in [-0.39, 0.29) is 11.4 Å². The smallest absolute Gasteiger partial charge is 0.240 e. The van der Waals surface area contributed by atoms with Crippen LogP contribution in [0.25, 0.3) is 0 Å². The molecule has 1 atom stereocenters. The Kier molecular flexibility index (Phi) is 4.49. The van der Waals surface area contributed by atoms with Crippen molar-refractivity contribution in [1.82, 2.24) is 10.0 Å².